The van der Waals surface area contributed by atoms with Crippen molar-refractivity contribution in [3.8, 4) is 11.5 Å². The van der Waals surface area contributed by atoms with Crippen molar-refractivity contribution in [2.75, 3.05) is 19.6 Å². The fourth-order valence-corrected chi connectivity index (χ4v) is 4.02. The summed E-state index contributed by atoms with van der Waals surface area (Å²) in [5.74, 6) is 2.20. The molecule has 0 N–H and O–H groups in total. The van der Waals surface area contributed by atoms with E-state index >= 15 is 0 Å². The molecule has 0 atom stereocenters. The maximum absolute atomic E-state index is 11.1. The standard InChI is InChI=1S/C23H25NO2.ClH/c1-17(25)7-6-14-24-15-12-18(13-16-24)23-19-8-2-4-10-21(19)26-22-11-5-3-9-20(22)23;/h2-5,8-11H,6-7,12-16H2,1H3;1H. The number of nitrogens with zero attached hydrogens (tertiary/aromatic N) is 1. The Morgan fingerprint density at radius 2 is 1.52 bits per heavy atom. The fourth-order valence-electron chi connectivity index (χ4n) is 4.02. The number of Topliss-reactive ketones (excluding diaryl/α,β-unsaturated/α-hetero) is 1. The van der Waals surface area contributed by atoms with Gasteiger partial charge in [-0.15, -0.1) is 12.4 Å². The quantitative estimate of drug-likeness (QED) is 0.597. The number of carbonyl (C=O) groups excluding carboxylic acids is 1. The van der Waals surface area contributed by atoms with Crippen LogP contribution >= 0.6 is 12.4 Å². The average molecular weight is 384 g/mol. The van der Waals surface area contributed by atoms with Gasteiger partial charge in [-0.1, -0.05) is 42.0 Å². The van der Waals surface area contributed by atoms with Gasteiger partial charge in [0.2, 0.25) is 0 Å². The highest BCUT2D eigenvalue weighted by Gasteiger charge is 2.26. The van der Waals surface area contributed by atoms with Gasteiger partial charge in [-0.25, -0.2) is 0 Å². The van der Waals surface area contributed by atoms with Crippen molar-refractivity contribution < 1.29 is 9.53 Å². The predicted octanol–water partition coefficient (Wildman–Crippen LogP) is 5.48. The first-order chi connectivity index (χ1) is 12.7. The number of halogens is 1. The molecule has 0 amide bonds. The normalized spacial score (nSPS) is 16.0. The van der Waals surface area contributed by atoms with E-state index in [1.54, 1.807) is 6.92 Å². The SMILES string of the molecule is CC(=O)CCCN1CCC(=C2c3ccccc3Oc3ccccc32)CC1.Cl. The number of benzene rings is 2. The van der Waals surface area contributed by atoms with E-state index in [-0.39, 0.29) is 12.4 Å². The van der Waals surface area contributed by atoms with Gasteiger partial charge in [0.15, 0.2) is 0 Å². The van der Waals surface area contributed by atoms with Crippen molar-refractivity contribution in [3.63, 3.8) is 0 Å². The summed E-state index contributed by atoms with van der Waals surface area (Å²) >= 11 is 0. The summed E-state index contributed by atoms with van der Waals surface area (Å²) in [4.78, 5) is 13.6. The highest BCUT2D eigenvalue weighted by molar-refractivity contribution is 5.89. The van der Waals surface area contributed by atoms with Gasteiger partial charge in [-0.05, 0) is 50.4 Å². The molecule has 0 aromatic heterocycles. The number of hydrogen-bond acceptors (Lipinski definition) is 3. The lowest BCUT2D eigenvalue weighted by molar-refractivity contribution is -0.117. The molecule has 0 saturated carbocycles. The minimum atomic E-state index is 0. The van der Waals surface area contributed by atoms with Gasteiger partial charge >= 0.3 is 0 Å². The van der Waals surface area contributed by atoms with E-state index in [0.717, 1.165) is 50.4 Å². The number of ether oxygens (including phenoxy) is 1. The van der Waals surface area contributed by atoms with Crippen LogP contribution in [-0.4, -0.2) is 30.3 Å². The Hall–Kier alpha value is -2.10. The summed E-state index contributed by atoms with van der Waals surface area (Å²) in [6.07, 6.45) is 3.83. The number of carbonyl (C=O) groups is 1. The molecule has 0 radical (unpaired) electrons. The Kier molecular flexibility index (Phi) is 6.35. The third-order valence-corrected chi connectivity index (χ3v) is 5.35. The molecule has 0 bridgehead atoms. The minimum Gasteiger partial charge on any atom is -0.456 e. The molecule has 4 rings (SSSR count). The van der Waals surface area contributed by atoms with Crippen LogP contribution < -0.4 is 4.74 Å². The molecule has 27 heavy (non-hydrogen) atoms. The second kappa shape index (κ2) is 8.73. The number of hydrogen-bond donors (Lipinski definition) is 0. The van der Waals surface area contributed by atoms with E-state index in [4.69, 9.17) is 4.74 Å². The number of likely N-dealkylation sites (tertiary alicyclic amines) is 1. The van der Waals surface area contributed by atoms with E-state index in [1.165, 1.54) is 22.3 Å². The van der Waals surface area contributed by atoms with E-state index in [0.29, 0.717) is 12.2 Å². The second-order valence-electron chi connectivity index (χ2n) is 7.22. The van der Waals surface area contributed by atoms with E-state index in [9.17, 15) is 4.79 Å². The lowest BCUT2D eigenvalue weighted by Crippen LogP contribution is -2.32. The van der Waals surface area contributed by atoms with Gasteiger partial charge in [0.25, 0.3) is 0 Å². The Balaban J connectivity index is 0.00000210. The minimum absolute atomic E-state index is 0. The summed E-state index contributed by atoms with van der Waals surface area (Å²) in [5.41, 5.74) is 5.32. The van der Waals surface area contributed by atoms with Crippen molar-refractivity contribution in [2.24, 2.45) is 0 Å². The van der Waals surface area contributed by atoms with Gasteiger partial charge in [-0.2, -0.15) is 0 Å². The van der Waals surface area contributed by atoms with E-state index in [1.807, 2.05) is 12.1 Å². The van der Waals surface area contributed by atoms with Crippen molar-refractivity contribution in [2.45, 2.75) is 32.6 Å². The first-order valence-corrected chi connectivity index (χ1v) is 9.53. The first kappa shape index (κ1) is 19.7. The van der Waals surface area contributed by atoms with E-state index < -0.39 is 0 Å². The maximum Gasteiger partial charge on any atom is 0.135 e. The summed E-state index contributed by atoms with van der Waals surface area (Å²) in [6, 6.07) is 16.7. The summed E-state index contributed by atoms with van der Waals surface area (Å²) in [6.45, 7) is 4.85. The first-order valence-electron chi connectivity index (χ1n) is 9.53. The zero-order valence-corrected chi connectivity index (χ0v) is 16.6. The van der Waals surface area contributed by atoms with Crippen molar-refractivity contribution in [3.05, 3.63) is 65.2 Å². The lowest BCUT2D eigenvalue weighted by Gasteiger charge is -2.32. The number of ketones is 1. The monoisotopic (exact) mass is 383 g/mol. The summed E-state index contributed by atoms with van der Waals surface area (Å²) in [5, 5.41) is 0. The molecule has 2 aromatic rings. The van der Waals surface area contributed by atoms with Crippen molar-refractivity contribution in [1.29, 1.82) is 0 Å². The van der Waals surface area contributed by atoms with Gasteiger partial charge in [0, 0.05) is 30.6 Å². The molecule has 2 aromatic carbocycles. The second-order valence-corrected chi connectivity index (χ2v) is 7.22. The molecule has 0 aliphatic carbocycles. The Bertz CT molecular complexity index is 801. The molecule has 1 saturated heterocycles. The van der Waals surface area contributed by atoms with Gasteiger partial charge in [0.1, 0.15) is 17.3 Å². The molecule has 2 aliphatic heterocycles. The third-order valence-electron chi connectivity index (χ3n) is 5.35. The molecule has 3 nitrogen and oxygen atoms in total. The average Bonchev–Trinajstić information content (AvgIpc) is 2.66. The molecule has 0 unspecified atom stereocenters. The van der Waals surface area contributed by atoms with Crippen LogP contribution in [0.15, 0.2) is 54.1 Å². The zero-order valence-electron chi connectivity index (χ0n) is 15.7. The number of rotatable bonds is 4. The van der Waals surface area contributed by atoms with Crippen LogP contribution in [0.5, 0.6) is 11.5 Å². The van der Waals surface area contributed by atoms with Gasteiger partial charge in [0.05, 0.1) is 0 Å². The zero-order chi connectivity index (χ0) is 17.9. The Morgan fingerprint density at radius 3 is 2.07 bits per heavy atom. The van der Waals surface area contributed by atoms with Crippen LogP contribution in [0.2, 0.25) is 0 Å². The van der Waals surface area contributed by atoms with Crippen molar-refractivity contribution in [1.82, 2.24) is 4.90 Å². The Morgan fingerprint density at radius 1 is 0.963 bits per heavy atom. The van der Waals surface area contributed by atoms with Gasteiger partial charge < -0.3 is 14.4 Å². The molecule has 0 spiro atoms. The molecular formula is C23H26ClNO2. The molecule has 142 valence electrons. The van der Waals surface area contributed by atoms with Crippen LogP contribution in [0.4, 0.5) is 0 Å². The van der Waals surface area contributed by atoms with Crippen molar-refractivity contribution >= 4 is 23.8 Å². The summed E-state index contributed by atoms with van der Waals surface area (Å²) < 4.78 is 6.12. The Labute approximate surface area is 167 Å². The van der Waals surface area contributed by atoms with Crippen LogP contribution in [0.3, 0.4) is 0 Å². The lowest BCUT2D eigenvalue weighted by atomic mass is 9.86. The largest absolute Gasteiger partial charge is 0.456 e. The van der Waals surface area contributed by atoms with Crippen LogP contribution in [0.25, 0.3) is 5.57 Å². The number of para-hydroxylation sites is 2. The predicted molar refractivity (Wildman–Crippen MR) is 112 cm³/mol. The van der Waals surface area contributed by atoms with Crippen LogP contribution in [0, 0.1) is 0 Å². The number of piperidine rings is 1. The maximum atomic E-state index is 11.1. The highest BCUT2D eigenvalue weighted by Crippen LogP contribution is 2.46. The fraction of sp³-hybridized carbons (Fsp3) is 0.348. The molecule has 4 heteroatoms. The third kappa shape index (κ3) is 4.26. The molecule has 2 heterocycles. The number of fused-ring (bicyclic) bond motifs is 2. The van der Waals surface area contributed by atoms with E-state index in [2.05, 4.69) is 41.3 Å². The topological polar surface area (TPSA) is 29.5 Å². The highest BCUT2D eigenvalue weighted by atomic mass is 35.5. The summed E-state index contributed by atoms with van der Waals surface area (Å²) in [7, 11) is 0. The molecule has 1 fully saturated rings. The smallest absolute Gasteiger partial charge is 0.135 e. The van der Waals surface area contributed by atoms with Gasteiger partial charge in [-0.3, -0.25) is 0 Å². The van der Waals surface area contributed by atoms with Crippen LogP contribution in [-0.2, 0) is 4.79 Å². The van der Waals surface area contributed by atoms with Crippen LogP contribution in [0.1, 0.15) is 43.7 Å². The molecular weight excluding hydrogens is 358 g/mol. The molecule has 2 aliphatic rings.